The van der Waals surface area contributed by atoms with E-state index in [2.05, 4.69) is 20.5 Å². The second kappa shape index (κ2) is 11.6. The number of nitrogens with one attached hydrogen (secondary N) is 2. The van der Waals surface area contributed by atoms with Crippen molar-refractivity contribution in [3.8, 4) is 0 Å². The van der Waals surface area contributed by atoms with E-state index in [-0.39, 0.29) is 5.91 Å². The van der Waals surface area contributed by atoms with E-state index < -0.39 is 0 Å². The summed E-state index contributed by atoms with van der Waals surface area (Å²) >= 11 is 0. The van der Waals surface area contributed by atoms with Crippen molar-refractivity contribution in [1.82, 2.24) is 15.5 Å². The van der Waals surface area contributed by atoms with Crippen LogP contribution in [0.15, 0.2) is 29.3 Å². The van der Waals surface area contributed by atoms with E-state index in [1.165, 1.54) is 0 Å². The number of carbonyl (C=O) groups is 1. The summed E-state index contributed by atoms with van der Waals surface area (Å²) in [6, 6.07) is 7.73. The average molecular weight is 377 g/mol. The first-order chi connectivity index (χ1) is 13.2. The minimum atomic E-state index is -0.0588. The molecule has 7 heteroatoms. The Balaban J connectivity index is 1.75. The third-order valence-corrected chi connectivity index (χ3v) is 4.70. The maximum atomic E-state index is 11.7. The Bertz CT molecular complexity index is 621. The highest BCUT2D eigenvalue weighted by atomic mass is 16.5. The summed E-state index contributed by atoms with van der Waals surface area (Å²) in [5, 5.41) is 6.09. The van der Waals surface area contributed by atoms with E-state index in [0.717, 1.165) is 50.6 Å². The zero-order valence-corrected chi connectivity index (χ0v) is 16.7. The van der Waals surface area contributed by atoms with Crippen LogP contribution in [-0.2, 0) is 15.9 Å². The topological polar surface area (TPSA) is 75.2 Å². The molecule has 0 spiro atoms. The lowest BCUT2D eigenvalue weighted by atomic mass is 10.1. The van der Waals surface area contributed by atoms with Gasteiger partial charge in [0, 0.05) is 52.3 Å². The molecule has 2 N–H and O–H groups in total. The summed E-state index contributed by atoms with van der Waals surface area (Å²) in [5.41, 5.74) is 1.82. The van der Waals surface area contributed by atoms with E-state index in [1.807, 2.05) is 31.3 Å². The smallest absolute Gasteiger partial charge is 0.251 e. The number of rotatable bonds is 9. The quantitative estimate of drug-likeness (QED) is 0.384. The van der Waals surface area contributed by atoms with Crippen molar-refractivity contribution in [2.75, 3.05) is 60.7 Å². The SMILES string of the molecule is CN=C(NCCc1cccc(C(=O)NC)c1)N1CCC(COCCOC)C1. The molecule has 150 valence electrons. The van der Waals surface area contributed by atoms with E-state index in [4.69, 9.17) is 9.47 Å². The van der Waals surface area contributed by atoms with Crippen LogP contribution < -0.4 is 10.6 Å². The molecule has 0 aromatic heterocycles. The summed E-state index contributed by atoms with van der Waals surface area (Å²) in [6.45, 7) is 4.78. The molecule has 0 aliphatic carbocycles. The fourth-order valence-corrected chi connectivity index (χ4v) is 3.22. The Morgan fingerprint density at radius 3 is 2.96 bits per heavy atom. The van der Waals surface area contributed by atoms with Crippen LogP contribution in [0.3, 0.4) is 0 Å². The van der Waals surface area contributed by atoms with E-state index in [0.29, 0.717) is 24.7 Å². The maximum Gasteiger partial charge on any atom is 0.251 e. The first kappa shape index (κ1) is 21.2. The van der Waals surface area contributed by atoms with Gasteiger partial charge in [0.1, 0.15) is 0 Å². The van der Waals surface area contributed by atoms with Crippen LogP contribution in [0, 0.1) is 5.92 Å². The van der Waals surface area contributed by atoms with Gasteiger partial charge in [0.15, 0.2) is 5.96 Å². The van der Waals surface area contributed by atoms with Gasteiger partial charge in [-0.1, -0.05) is 12.1 Å². The summed E-state index contributed by atoms with van der Waals surface area (Å²) in [7, 11) is 5.15. The predicted molar refractivity (Wildman–Crippen MR) is 107 cm³/mol. The number of nitrogens with zero attached hydrogens (tertiary/aromatic N) is 2. The van der Waals surface area contributed by atoms with Gasteiger partial charge in [-0.3, -0.25) is 9.79 Å². The van der Waals surface area contributed by atoms with E-state index in [1.54, 1.807) is 14.2 Å². The monoisotopic (exact) mass is 376 g/mol. The minimum absolute atomic E-state index is 0.0588. The van der Waals surface area contributed by atoms with Gasteiger partial charge in [0.25, 0.3) is 5.91 Å². The second-order valence-corrected chi connectivity index (χ2v) is 6.67. The Labute approximate surface area is 162 Å². The van der Waals surface area contributed by atoms with Gasteiger partial charge in [0.05, 0.1) is 19.8 Å². The molecule has 1 heterocycles. The Kier molecular flexibility index (Phi) is 9.07. The molecule has 0 radical (unpaired) electrons. The van der Waals surface area contributed by atoms with Crippen molar-refractivity contribution in [2.45, 2.75) is 12.8 Å². The number of amides is 1. The molecule has 0 saturated carbocycles. The number of methoxy groups -OCH3 is 1. The van der Waals surface area contributed by atoms with Gasteiger partial charge in [-0.25, -0.2) is 0 Å². The molecule has 1 aromatic rings. The van der Waals surface area contributed by atoms with Crippen LogP contribution in [0.2, 0.25) is 0 Å². The molecule has 7 nitrogen and oxygen atoms in total. The molecule has 1 unspecified atom stereocenters. The molecule has 27 heavy (non-hydrogen) atoms. The largest absolute Gasteiger partial charge is 0.382 e. The summed E-state index contributed by atoms with van der Waals surface area (Å²) in [5.74, 6) is 1.40. The molecule has 1 atom stereocenters. The molecule has 1 aromatic carbocycles. The molecule has 1 aliphatic heterocycles. The number of likely N-dealkylation sites (tertiary alicyclic amines) is 1. The number of benzene rings is 1. The minimum Gasteiger partial charge on any atom is -0.382 e. The van der Waals surface area contributed by atoms with Crippen LogP contribution in [0.5, 0.6) is 0 Å². The predicted octanol–water partition coefficient (Wildman–Crippen LogP) is 1.15. The lowest BCUT2D eigenvalue weighted by Gasteiger charge is -2.22. The summed E-state index contributed by atoms with van der Waals surface area (Å²) in [6.07, 6.45) is 1.95. The van der Waals surface area contributed by atoms with Gasteiger partial charge in [0.2, 0.25) is 0 Å². The van der Waals surface area contributed by atoms with Gasteiger partial charge < -0.3 is 25.0 Å². The Morgan fingerprint density at radius 1 is 1.37 bits per heavy atom. The third-order valence-electron chi connectivity index (χ3n) is 4.70. The van der Waals surface area contributed by atoms with Gasteiger partial charge in [-0.2, -0.15) is 0 Å². The molecule has 1 amide bonds. The van der Waals surface area contributed by atoms with Crippen molar-refractivity contribution in [2.24, 2.45) is 10.9 Å². The van der Waals surface area contributed by atoms with Crippen molar-refractivity contribution >= 4 is 11.9 Å². The van der Waals surface area contributed by atoms with Gasteiger partial charge >= 0.3 is 0 Å². The number of ether oxygens (including phenoxy) is 2. The lowest BCUT2D eigenvalue weighted by molar-refractivity contribution is 0.0536. The van der Waals surface area contributed by atoms with Crippen molar-refractivity contribution in [3.05, 3.63) is 35.4 Å². The zero-order chi connectivity index (χ0) is 19.5. The first-order valence-electron chi connectivity index (χ1n) is 9.51. The molecule has 1 saturated heterocycles. The van der Waals surface area contributed by atoms with Crippen LogP contribution >= 0.6 is 0 Å². The van der Waals surface area contributed by atoms with Crippen LogP contribution in [0.1, 0.15) is 22.3 Å². The number of hydrogen-bond donors (Lipinski definition) is 2. The second-order valence-electron chi connectivity index (χ2n) is 6.67. The van der Waals surface area contributed by atoms with Gasteiger partial charge in [-0.15, -0.1) is 0 Å². The lowest BCUT2D eigenvalue weighted by Crippen LogP contribution is -2.41. The molecule has 2 rings (SSSR count). The van der Waals surface area contributed by atoms with Gasteiger partial charge in [-0.05, 0) is 30.5 Å². The van der Waals surface area contributed by atoms with Crippen molar-refractivity contribution in [1.29, 1.82) is 0 Å². The van der Waals surface area contributed by atoms with Crippen molar-refractivity contribution in [3.63, 3.8) is 0 Å². The van der Waals surface area contributed by atoms with E-state index in [9.17, 15) is 4.79 Å². The normalized spacial score (nSPS) is 17.2. The number of carbonyl (C=O) groups excluding carboxylic acids is 1. The molecule has 1 aliphatic rings. The fourth-order valence-electron chi connectivity index (χ4n) is 3.22. The average Bonchev–Trinajstić information content (AvgIpc) is 3.17. The maximum absolute atomic E-state index is 11.7. The van der Waals surface area contributed by atoms with Crippen molar-refractivity contribution < 1.29 is 14.3 Å². The van der Waals surface area contributed by atoms with Crippen LogP contribution in [0.4, 0.5) is 0 Å². The summed E-state index contributed by atoms with van der Waals surface area (Å²) < 4.78 is 10.7. The molecule has 1 fully saturated rings. The highest BCUT2D eigenvalue weighted by molar-refractivity contribution is 5.94. The number of aliphatic imine (C=N–C) groups is 1. The van der Waals surface area contributed by atoms with Crippen LogP contribution in [-0.4, -0.2) is 77.4 Å². The Morgan fingerprint density at radius 2 is 2.22 bits per heavy atom. The number of guanidine groups is 1. The Hall–Kier alpha value is -2.12. The zero-order valence-electron chi connectivity index (χ0n) is 16.7. The van der Waals surface area contributed by atoms with Crippen LogP contribution in [0.25, 0.3) is 0 Å². The number of hydrogen-bond acceptors (Lipinski definition) is 4. The molecular formula is C20H32N4O3. The standard InChI is InChI=1S/C20H32N4O3/c1-21-19(25)18-6-4-5-16(13-18)7-9-23-20(22-2)24-10-8-17(14-24)15-27-12-11-26-3/h4-6,13,17H,7-12,14-15H2,1-3H3,(H,21,25)(H,22,23). The first-order valence-corrected chi connectivity index (χ1v) is 9.51. The fraction of sp³-hybridized carbons (Fsp3) is 0.600. The van der Waals surface area contributed by atoms with E-state index >= 15 is 0 Å². The third kappa shape index (κ3) is 6.84. The highest BCUT2D eigenvalue weighted by Crippen LogP contribution is 2.16. The molecular weight excluding hydrogens is 344 g/mol. The summed E-state index contributed by atoms with van der Waals surface area (Å²) in [4.78, 5) is 18.4. The highest BCUT2D eigenvalue weighted by Gasteiger charge is 2.24. The molecule has 0 bridgehead atoms.